The number of aromatic nitrogens is 4. The Hall–Kier alpha value is -2.25. The van der Waals surface area contributed by atoms with Crippen LogP contribution in [-0.2, 0) is 13.1 Å². The molecule has 1 aliphatic carbocycles. The molecule has 0 atom stereocenters. The Bertz CT molecular complexity index is 1260. The van der Waals surface area contributed by atoms with Crippen LogP contribution < -0.4 is 4.74 Å². The molecule has 0 aliphatic heterocycles. The van der Waals surface area contributed by atoms with Crippen LogP contribution >= 0.6 is 27.7 Å². The fraction of sp³-hybridized carbons (Fsp3) is 0.360. The fourth-order valence-electron chi connectivity index (χ4n) is 4.24. The van der Waals surface area contributed by atoms with Gasteiger partial charge in [0.2, 0.25) is 0 Å². The summed E-state index contributed by atoms with van der Waals surface area (Å²) in [4.78, 5) is 5.14. The molecule has 2 aromatic heterocycles. The lowest BCUT2D eigenvalue weighted by atomic mass is 10.1. The zero-order chi connectivity index (χ0) is 22.2. The number of rotatable bonds is 8. The first-order valence-corrected chi connectivity index (χ1v) is 13.1. The predicted octanol–water partition coefficient (Wildman–Crippen LogP) is 6.27. The van der Waals surface area contributed by atoms with Crippen molar-refractivity contribution < 1.29 is 4.74 Å². The molecule has 0 amide bonds. The number of aryl methyl sites for hydroxylation is 2. The zero-order valence-corrected chi connectivity index (χ0v) is 21.0. The molecule has 0 spiro atoms. The quantitative estimate of drug-likeness (QED) is 0.280. The first-order valence-electron chi connectivity index (χ1n) is 10.9. The second kappa shape index (κ2) is 8.94. The minimum Gasteiger partial charge on any atom is -0.494 e. The number of hydrogen-bond donors (Lipinski definition) is 0. The molecule has 5 nitrogen and oxygen atoms in total. The van der Waals surface area contributed by atoms with Gasteiger partial charge in [-0.2, -0.15) is 16.9 Å². The van der Waals surface area contributed by atoms with E-state index in [0.29, 0.717) is 6.54 Å². The summed E-state index contributed by atoms with van der Waals surface area (Å²) in [6.07, 6.45) is 8.69. The number of methoxy groups -OCH3 is 1. The Balaban J connectivity index is 1.64. The molecule has 2 heterocycles. The smallest absolute Gasteiger partial charge is 0.145 e. The molecule has 0 unspecified atom stereocenters. The molecule has 166 valence electrons. The van der Waals surface area contributed by atoms with Crippen LogP contribution in [0.15, 0.2) is 47.2 Å². The van der Waals surface area contributed by atoms with Crippen LogP contribution in [0.5, 0.6) is 5.75 Å². The number of nitrogens with zero attached hydrogens (tertiary/aromatic N) is 4. The molecule has 7 heteroatoms. The molecule has 5 rings (SSSR count). The van der Waals surface area contributed by atoms with Gasteiger partial charge in [0, 0.05) is 24.1 Å². The highest BCUT2D eigenvalue weighted by Gasteiger charge is 2.24. The van der Waals surface area contributed by atoms with Gasteiger partial charge in [0.15, 0.2) is 0 Å². The Morgan fingerprint density at radius 2 is 2.00 bits per heavy atom. The normalized spacial score (nSPS) is 13.8. The maximum Gasteiger partial charge on any atom is 0.145 e. The number of halogens is 1. The first-order chi connectivity index (χ1) is 15.6. The van der Waals surface area contributed by atoms with Crippen LogP contribution in [0.2, 0.25) is 0 Å². The van der Waals surface area contributed by atoms with Crippen molar-refractivity contribution in [1.29, 1.82) is 0 Å². The van der Waals surface area contributed by atoms with Crippen LogP contribution in [0.4, 0.5) is 0 Å². The lowest BCUT2D eigenvalue weighted by molar-refractivity contribution is 0.416. The van der Waals surface area contributed by atoms with Crippen molar-refractivity contribution in [3.63, 3.8) is 0 Å². The van der Waals surface area contributed by atoms with Gasteiger partial charge in [-0.15, -0.1) is 0 Å². The average Bonchev–Trinajstić information content (AvgIpc) is 3.47. The van der Waals surface area contributed by atoms with Gasteiger partial charge in [-0.25, -0.2) is 4.98 Å². The van der Waals surface area contributed by atoms with E-state index in [4.69, 9.17) is 9.72 Å². The minimum absolute atomic E-state index is 0.657. The highest BCUT2D eigenvalue weighted by molar-refractivity contribution is 9.10. The number of imidazole rings is 1. The van der Waals surface area contributed by atoms with E-state index in [0.717, 1.165) is 62.0 Å². The summed E-state index contributed by atoms with van der Waals surface area (Å²) in [6.45, 7) is 3.58. The van der Waals surface area contributed by atoms with Crippen LogP contribution in [0.3, 0.4) is 0 Å². The monoisotopic (exact) mass is 510 g/mol. The molecule has 0 N–H and O–H groups in total. The summed E-state index contributed by atoms with van der Waals surface area (Å²) < 4.78 is 11.1. The van der Waals surface area contributed by atoms with Crippen molar-refractivity contribution in [2.24, 2.45) is 0 Å². The van der Waals surface area contributed by atoms with Crippen LogP contribution in [0.25, 0.3) is 22.4 Å². The highest BCUT2D eigenvalue weighted by atomic mass is 79.9. The number of hydrogen-bond acceptors (Lipinski definition) is 4. The molecule has 1 fully saturated rings. The van der Waals surface area contributed by atoms with Crippen molar-refractivity contribution >= 4 is 38.7 Å². The standard InChI is InChI=1S/C25H27BrN4OS/c1-16-13-27-29(14-16)15-20-12-21(31-2)24-23(22(20)26)28-25(30(24)10-11-32-3)19-8-6-18(7-9-19)17-4-5-17/h6-9,12-14,17H,4-5,10-11,15H2,1-3H3. The minimum atomic E-state index is 0.657. The van der Waals surface area contributed by atoms with Crippen molar-refractivity contribution in [1.82, 2.24) is 19.3 Å². The largest absolute Gasteiger partial charge is 0.494 e. The van der Waals surface area contributed by atoms with E-state index in [1.54, 1.807) is 7.11 Å². The van der Waals surface area contributed by atoms with Gasteiger partial charge < -0.3 is 9.30 Å². The summed E-state index contributed by atoms with van der Waals surface area (Å²) in [6, 6.07) is 11.1. The van der Waals surface area contributed by atoms with Crippen molar-refractivity contribution in [2.45, 2.75) is 38.8 Å². The Morgan fingerprint density at radius 1 is 1.22 bits per heavy atom. The Morgan fingerprint density at radius 3 is 2.62 bits per heavy atom. The predicted molar refractivity (Wildman–Crippen MR) is 136 cm³/mol. The molecular formula is C25H27BrN4OS. The van der Waals surface area contributed by atoms with E-state index in [-0.39, 0.29) is 0 Å². The van der Waals surface area contributed by atoms with E-state index in [1.165, 1.54) is 18.4 Å². The van der Waals surface area contributed by atoms with Gasteiger partial charge in [0.1, 0.15) is 22.6 Å². The summed E-state index contributed by atoms with van der Waals surface area (Å²) in [5.41, 5.74) is 6.80. The SMILES string of the molecule is COc1cc(Cn2cc(C)cn2)c(Br)c2nc(-c3ccc(C4CC4)cc3)n(CCSC)c12. The summed E-state index contributed by atoms with van der Waals surface area (Å²) in [7, 11) is 1.74. The second-order valence-corrected chi connectivity index (χ2v) is 10.2. The molecule has 32 heavy (non-hydrogen) atoms. The lowest BCUT2D eigenvalue weighted by Crippen LogP contribution is -2.05. The topological polar surface area (TPSA) is 44.9 Å². The number of ether oxygens (including phenoxy) is 1. The maximum absolute atomic E-state index is 5.88. The van der Waals surface area contributed by atoms with Crippen molar-refractivity contribution in [2.75, 3.05) is 19.1 Å². The van der Waals surface area contributed by atoms with Gasteiger partial charge in [-0.3, -0.25) is 4.68 Å². The summed E-state index contributed by atoms with van der Waals surface area (Å²) in [5, 5.41) is 4.45. The molecule has 0 bridgehead atoms. The first kappa shape index (κ1) is 21.6. The Kier molecular flexibility index (Phi) is 6.03. The second-order valence-electron chi connectivity index (χ2n) is 8.44. The van der Waals surface area contributed by atoms with Gasteiger partial charge in [0.05, 0.1) is 24.3 Å². The third kappa shape index (κ3) is 4.08. The van der Waals surface area contributed by atoms with Crippen LogP contribution in [0.1, 0.15) is 35.4 Å². The van der Waals surface area contributed by atoms with Gasteiger partial charge >= 0.3 is 0 Å². The lowest BCUT2D eigenvalue weighted by Gasteiger charge is -2.13. The molecule has 0 saturated heterocycles. The van der Waals surface area contributed by atoms with Crippen LogP contribution in [0, 0.1) is 6.92 Å². The molecule has 1 aliphatic rings. The molecule has 4 aromatic rings. The number of thioether (sulfide) groups is 1. The summed E-state index contributed by atoms with van der Waals surface area (Å²) in [5.74, 6) is 3.59. The van der Waals surface area contributed by atoms with Crippen molar-refractivity contribution in [3.8, 4) is 17.1 Å². The number of benzene rings is 2. The van der Waals surface area contributed by atoms with E-state index >= 15 is 0 Å². The van der Waals surface area contributed by atoms with E-state index in [1.807, 2.05) is 28.8 Å². The van der Waals surface area contributed by atoms with Gasteiger partial charge in [-0.1, -0.05) is 24.3 Å². The van der Waals surface area contributed by atoms with E-state index in [9.17, 15) is 0 Å². The fourth-order valence-corrected chi connectivity index (χ4v) is 5.12. The zero-order valence-electron chi connectivity index (χ0n) is 18.6. The Labute approximate surface area is 201 Å². The third-order valence-electron chi connectivity index (χ3n) is 6.05. The van der Waals surface area contributed by atoms with Gasteiger partial charge in [0.25, 0.3) is 0 Å². The molecule has 0 radical (unpaired) electrons. The average molecular weight is 511 g/mol. The van der Waals surface area contributed by atoms with Gasteiger partial charge in [-0.05, 0) is 70.6 Å². The molecular weight excluding hydrogens is 484 g/mol. The molecule has 1 saturated carbocycles. The number of fused-ring (bicyclic) bond motifs is 1. The van der Waals surface area contributed by atoms with Crippen molar-refractivity contribution in [3.05, 3.63) is 63.9 Å². The van der Waals surface area contributed by atoms with E-state index in [2.05, 4.69) is 69.1 Å². The van der Waals surface area contributed by atoms with E-state index < -0.39 is 0 Å². The highest BCUT2D eigenvalue weighted by Crippen LogP contribution is 2.41. The molecule has 2 aromatic carbocycles. The summed E-state index contributed by atoms with van der Waals surface area (Å²) >= 11 is 5.70. The third-order valence-corrected chi connectivity index (χ3v) is 7.52. The van der Waals surface area contributed by atoms with Crippen LogP contribution in [-0.4, -0.2) is 38.4 Å². The maximum atomic E-state index is 5.88.